The molecule has 0 aliphatic heterocycles. The van der Waals surface area contributed by atoms with Crippen LogP contribution in [0.5, 0.6) is 5.75 Å². The van der Waals surface area contributed by atoms with E-state index in [1.807, 2.05) is 56.3 Å². The largest absolute Gasteiger partial charge is 0.496 e. The average Bonchev–Trinajstić information content (AvgIpc) is 3.50. The van der Waals surface area contributed by atoms with Gasteiger partial charge in [0.25, 0.3) is 11.1 Å². The molecule has 1 aromatic carbocycles. The Hall–Kier alpha value is -3.26. The molecule has 0 saturated heterocycles. The van der Waals surface area contributed by atoms with Crippen molar-refractivity contribution in [2.24, 2.45) is 0 Å². The van der Waals surface area contributed by atoms with Crippen LogP contribution < -0.4 is 4.74 Å². The summed E-state index contributed by atoms with van der Waals surface area (Å²) in [6.07, 6.45) is 1.65. The van der Waals surface area contributed by atoms with Crippen LogP contribution in [0.1, 0.15) is 27.5 Å². The zero-order chi connectivity index (χ0) is 21.1. The first-order valence-electron chi connectivity index (χ1n) is 9.39. The molecule has 4 rings (SSSR count). The van der Waals surface area contributed by atoms with E-state index in [4.69, 9.17) is 13.6 Å². The first-order chi connectivity index (χ1) is 14.6. The number of furan rings is 1. The van der Waals surface area contributed by atoms with Gasteiger partial charge < -0.3 is 18.1 Å². The van der Waals surface area contributed by atoms with Gasteiger partial charge in [0.2, 0.25) is 0 Å². The highest BCUT2D eigenvalue weighted by atomic mass is 32.2. The number of carbonyl (C=O) groups excluding carboxylic acids is 1. The summed E-state index contributed by atoms with van der Waals surface area (Å²) in [5.41, 5.74) is 3.33. The smallest absolute Gasteiger partial charge is 0.277 e. The second kappa shape index (κ2) is 8.62. The number of methoxy groups -OCH3 is 1. The van der Waals surface area contributed by atoms with Crippen molar-refractivity contribution in [3.8, 4) is 17.2 Å². The molecule has 0 unspecified atom stereocenters. The molecule has 0 fully saturated rings. The molecule has 0 saturated carbocycles. The van der Waals surface area contributed by atoms with Gasteiger partial charge in [0.15, 0.2) is 5.78 Å². The summed E-state index contributed by atoms with van der Waals surface area (Å²) in [4.78, 5) is 12.8. The van der Waals surface area contributed by atoms with Crippen LogP contribution in [-0.2, 0) is 6.54 Å². The highest BCUT2D eigenvalue weighted by Crippen LogP contribution is 2.30. The van der Waals surface area contributed by atoms with Crippen molar-refractivity contribution in [2.75, 3.05) is 12.9 Å². The molecule has 154 valence electrons. The minimum absolute atomic E-state index is 0.0100. The lowest BCUT2D eigenvalue weighted by Gasteiger charge is -2.07. The quantitative estimate of drug-likeness (QED) is 0.298. The minimum Gasteiger partial charge on any atom is -0.496 e. The fraction of sp³-hybridized carbons (Fsp3) is 0.227. The van der Waals surface area contributed by atoms with Crippen LogP contribution in [0, 0.1) is 13.8 Å². The second-order valence-corrected chi connectivity index (χ2v) is 7.66. The van der Waals surface area contributed by atoms with Crippen molar-refractivity contribution in [3.63, 3.8) is 0 Å². The number of para-hydroxylation sites is 1. The number of aryl methyl sites for hydroxylation is 1. The number of nitrogens with zero attached hydrogens (tertiary/aromatic N) is 3. The second-order valence-electron chi connectivity index (χ2n) is 6.74. The van der Waals surface area contributed by atoms with Gasteiger partial charge in [-0.15, -0.1) is 10.2 Å². The predicted molar refractivity (Wildman–Crippen MR) is 113 cm³/mol. The van der Waals surface area contributed by atoms with Gasteiger partial charge in [0, 0.05) is 17.0 Å². The standard InChI is InChI=1S/C22H21N3O4S/c1-14-11-18(15(2)25(14)12-16-7-6-10-28-16)19(26)13-30-22-24-23-21(29-22)17-8-4-5-9-20(17)27-3/h4-11H,12-13H2,1-3H3. The topological polar surface area (TPSA) is 83.3 Å². The summed E-state index contributed by atoms with van der Waals surface area (Å²) in [6.45, 7) is 4.52. The van der Waals surface area contributed by atoms with E-state index < -0.39 is 0 Å². The molecule has 0 aliphatic rings. The summed E-state index contributed by atoms with van der Waals surface area (Å²) in [5, 5.41) is 8.47. The van der Waals surface area contributed by atoms with Gasteiger partial charge in [-0.25, -0.2) is 0 Å². The molecular weight excluding hydrogens is 402 g/mol. The van der Waals surface area contributed by atoms with Gasteiger partial charge in [0.05, 0.1) is 31.2 Å². The number of ketones is 1. The van der Waals surface area contributed by atoms with Crippen molar-refractivity contribution in [2.45, 2.75) is 25.6 Å². The number of carbonyl (C=O) groups is 1. The maximum absolute atomic E-state index is 12.8. The highest BCUT2D eigenvalue weighted by Gasteiger charge is 2.19. The van der Waals surface area contributed by atoms with E-state index in [9.17, 15) is 4.79 Å². The Labute approximate surface area is 178 Å². The van der Waals surface area contributed by atoms with E-state index in [-0.39, 0.29) is 11.5 Å². The van der Waals surface area contributed by atoms with Crippen LogP contribution in [0.25, 0.3) is 11.5 Å². The molecule has 0 radical (unpaired) electrons. The highest BCUT2D eigenvalue weighted by molar-refractivity contribution is 7.99. The fourth-order valence-corrected chi connectivity index (χ4v) is 3.93. The number of benzene rings is 1. The monoisotopic (exact) mass is 423 g/mol. The predicted octanol–water partition coefficient (Wildman–Crippen LogP) is 4.78. The van der Waals surface area contributed by atoms with Crippen molar-refractivity contribution in [1.29, 1.82) is 0 Å². The van der Waals surface area contributed by atoms with E-state index in [0.29, 0.717) is 34.5 Å². The van der Waals surface area contributed by atoms with Crippen LogP contribution in [0.3, 0.4) is 0 Å². The van der Waals surface area contributed by atoms with E-state index in [2.05, 4.69) is 14.8 Å². The SMILES string of the molecule is COc1ccccc1-c1nnc(SCC(=O)c2cc(C)n(Cc3ccco3)c2C)o1. The lowest BCUT2D eigenvalue weighted by atomic mass is 10.2. The molecule has 0 spiro atoms. The van der Waals surface area contributed by atoms with Crippen LogP contribution >= 0.6 is 11.8 Å². The van der Waals surface area contributed by atoms with Gasteiger partial charge in [0.1, 0.15) is 11.5 Å². The van der Waals surface area contributed by atoms with Gasteiger partial charge in [-0.2, -0.15) is 0 Å². The van der Waals surface area contributed by atoms with E-state index in [1.165, 1.54) is 11.8 Å². The third kappa shape index (κ3) is 4.04. The normalized spacial score (nSPS) is 11.0. The summed E-state index contributed by atoms with van der Waals surface area (Å²) >= 11 is 1.22. The number of hydrogen-bond acceptors (Lipinski definition) is 7. The third-order valence-corrected chi connectivity index (χ3v) is 5.66. The number of thioether (sulfide) groups is 1. The maximum Gasteiger partial charge on any atom is 0.277 e. The molecule has 3 aromatic heterocycles. The Morgan fingerprint density at radius 2 is 2.00 bits per heavy atom. The van der Waals surface area contributed by atoms with Crippen LogP contribution in [0.4, 0.5) is 0 Å². The molecule has 0 bridgehead atoms. The number of ether oxygens (including phenoxy) is 1. The van der Waals surface area contributed by atoms with Gasteiger partial charge in [-0.1, -0.05) is 23.9 Å². The van der Waals surface area contributed by atoms with Gasteiger partial charge in [-0.05, 0) is 44.2 Å². The Bertz CT molecular complexity index is 1160. The first kappa shape index (κ1) is 20.0. The van der Waals surface area contributed by atoms with Crippen molar-refractivity contribution < 1.29 is 18.4 Å². The molecule has 0 aliphatic carbocycles. The van der Waals surface area contributed by atoms with Gasteiger partial charge >= 0.3 is 0 Å². The lowest BCUT2D eigenvalue weighted by molar-refractivity contribution is 0.102. The number of rotatable bonds is 8. The van der Waals surface area contributed by atoms with E-state index >= 15 is 0 Å². The lowest BCUT2D eigenvalue weighted by Crippen LogP contribution is -2.07. The molecule has 0 amide bonds. The molecule has 30 heavy (non-hydrogen) atoms. The Morgan fingerprint density at radius 1 is 1.17 bits per heavy atom. The van der Waals surface area contributed by atoms with Crippen LogP contribution in [0.15, 0.2) is 62.8 Å². The number of aromatic nitrogens is 3. The molecule has 4 aromatic rings. The minimum atomic E-state index is 0.0100. The van der Waals surface area contributed by atoms with Crippen molar-refractivity contribution in [1.82, 2.24) is 14.8 Å². The van der Waals surface area contributed by atoms with Crippen molar-refractivity contribution in [3.05, 3.63) is 71.4 Å². The molecular formula is C22H21N3O4S. The van der Waals surface area contributed by atoms with E-state index in [1.54, 1.807) is 13.4 Å². The van der Waals surface area contributed by atoms with E-state index in [0.717, 1.165) is 17.1 Å². The third-order valence-electron chi connectivity index (χ3n) is 4.84. The summed E-state index contributed by atoms with van der Waals surface area (Å²) in [7, 11) is 1.59. The average molecular weight is 423 g/mol. The zero-order valence-corrected chi connectivity index (χ0v) is 17.7. The molecule has 3 heterocycles. The summed E-state index contributed by atoms with van der Waals surface area (Å²) in [6, 6.07) is 13.1. The zero-order valence-electron chi connectivity index (χ0n) is 16.9. The Morgan fingerprint density at radius 3 is 2.77 bits per heavy atom. The number of hydrogen-bond donors (Lipinski definition) is 0. The summed E-state index contributed by atoms with van der Waals surface area (Å²) < 4.78 is 18.6. The molecule has 0 N–H and O–H groups in total. The first-order valence-corrected chi connectivity index (χ1v) is 10.4. The molecule has 8 heteroatoms. The Balaban J connectivity index is 1.45. The number of Topliss-reactive ketones (excluding diaryl/α,β-unsaturated/α-hetero) is 1. The fourth-order valence-electron chi connectivity index (χ4n) is 3.29. The van der Waals surface area contributed by atoms with Crippen LogP contribution in [0.2, 0.25) is 0 Å². The maximum atomic E-state index is 12.8. The van der Waals surface area contributed by atoms with Crippen LogP contribution in [-0.4, -0.2) is 33.4 Å². The molecule has 0 atom stereocenters. The Kier molecular flexibility index (Phi) is 5.76. The molecule has 7 nitrogen and oxygen atoms in total. The summed E-state index contributed by atoms with van der Waals surface area (Å²) in [5.74, 6) is 2.08. The van der Waals surface area contributed by atoms with Crippen molar-refractivity contribution >= 4 is 17.5 Å². The van der Waals surface area contributed by atoms with Gasteiger partial charge in [-0.3, -0.25) is 4.79 Å².